The number of benzene rings is 1. The molecule has 4 N–H and O–H groups in total. The van der Waals surface area contributed by atoms with Crippen LogP contribution < -0.4 is 10.6 Å². The zero-order valence-electron chi connectivity index (χ0n) is 17.3. The van der Waals surface area contributed by atoms with Crippen LogP contribution in [0.4, 0.5) is 4.79 Å². The molecule has 3 rings (SSSR count). The molecule has 0 bridgehead atoms. The van der Waals surface area contributed by atoms with E-state index in [2.05, 4.69) is 10.6 Å². The van der Waals surface area contributed by atoms with Gasteiger partial charge in [-0.1, -0.05) is 30.3 Å². The molecule has 2 heterocycles. The topological polar surface area (TPSA) is 145 Å². The van der Waals surface area contributed by atoms with Gasteiger partial charge in [-0.2, -0.15) is 11.8 Å². The molecule has 4 atom stereocenters. The summed E-state index contributed by atoms with van der Waals surface area (Å²) >= 11 is 1.18. The highest BCUT2D eigenvalue weighted by atomic mass is 32.2. The summed E-state index contributed by atoms with van der Waals surface area (Å²) in [6.45, 7) is 5.07. The summed E-state index contributed by atoms with van der Waals surface area (Å²) in [5.41, 5.74) is -2.60. The molecule has 0 radical (unpaired) electrons. The first kappa shape index (κ1) is 22.9. The van der Waals surface area contributed by atoms with Gasteiger partial charge in [-0.3, -0.25) is 14.5 Å². The van der Waals surface area contributed by atoms with E-state index in [0.717, 1.165) is 4.90 Å². The van der Waals surface area contributed by atoms with Crippen LogP contribution in [0, 0.1) is 0 Å². The highest BCUT2D eigenvalue weighted by Gasteiger charge is 2.62. The number of ether oxygens (including phenoxy) is 1. The highest BCUT2D eigenvalue weighted by Crippen LogP contribution is 2.38. The Kier molecular flexibility index (Phi) is 6.19. The number of thioether (sulfide) groups is 1. The van der Waals surface area contributed by atoms with Crippen LogP contribution in [0.15, 0.2) is 30.3 Å². The molecule has 1 aromatic carbocycles. The van der Waals surface area contributed by atoms with E-state index in [1.807, 2.05) is 0 Å². The van der Waals surface area contributed by atoms with Gasteiger partial charge in [-0.15, -0.1) is 0 Å². The lowest BCUT2D eigenvalue weighted by Gasteiger charge is -2.55. The number of aliphatic carboxylic acids is 1. The van der Waals surface area contributed by atoms with Gasteiger partial charge in [0.1, 0.15) is 17.7 Å². The van der Waals surface area contributed by atoms with Crippen LogP contribution in [0.5, 0.6) is 0 Å². The third-order valence-electron chi connectivity index (χ3n) is 4.91. The van der Waals surface area contributed by atoms with Crippen molar-refractivity contribution in [1.29, 1.82) is 0 Å². The van der Waals surface area contributed by atoms with Crippen molar-refractivity contribution in [2.75, 3.05) is 11.5 Å². The molecule has 0 aromatic heterocycles. The predicted octanol–water partition coefficient (Wildman–Crippen LogP) is 0.468. The lowest BCUT2D eigenvalue weighted by Crippen LogP contribution is -2.81. The molecule has 11 heteroatoms. The number of carbonyl (C=O) groups is 4. The van der Waals surface area contributed by atoms with Gasteiger partial charge in [0, 0.05) is 5.75 Å². The number of fused-ring (bicyclic) bond motifs is 1. The zero-order valence-corrected chi connectivity index (χ0v) is 18.1. The summed E-state index contributed by atoms with van der Waals surface area (Å²) < 4.78 is 5.24. The molecular formula is C20H25N3O7S. The number of hydrogen-bond donors (Lipinski definition) is 4. The van der Waals surface area contributed by atoms with Crippen LogP contribution in [-0.2, 0) is 19.1 Å². The smallest absolute Gasteiger partial charge is 0.408 e. The Morgan fingerprint density at radius 2 is 1.90 bits per heavy atom. The summed E-state index contributed by atoms with van der Waals surface area (Å²) in [6.07, 6.45) is -0.800. The number of carboxylic acids is 1. The van der Waals surface area contributed by atoms with E-state index >= 15 is 0 Å². The number of aliphatic hydroxyl groups is 1. The maximum Gasteiger partial charge on any atom is 0.408 e. The van der Waals surface area contributed by atoms with Crippen molar-refractivity contribution in [3.8, 4) is 0 Å². The Bertz CT molecular complexity index is 889. The predicted molar refractivity (Wildman–Crippen MR) is 111 cm³/mol. The molecule has 10 nitrogen and oxygen atoms in total. The Balaban J connectivity index is 1.76. The molecule has 2 saturated heterocycles. The lowest BCUT2D eigenvalue weighted by atomic mass is 9.91. The second-order valence-electron chi connectivity index (χ2n) is 8.39. The molecular weight excluding hydrogens is 426 g/mol. The highest BCUT2D eigenvalue weighted by molar-refractivity contribution is 7.99. The largest absolute Gasteiger partial charge is 0.478 e. The number of carbonyl (C=O) groups excluding carboxylic acids is 3. The maximum absolute atomic E-state index is 13.0. The van der Waals surface area contributed by atoms with Crippen LogP contribution in [-0.4, -0.2) is 73.9 Å². The van der Waals surface area contributed by atoms with Gasteiger partial charge in [0.25, 0.3) is 0 Å². The zero-order chi connectivity index (χ0) is 23.0. The van der Waals surface area contributed by atoms with Crippen molar-refractivity contribution in [2.24, 2.45) is 0 Å². The first-order valence-electron chi connectivity index (χ1n) is 9.65. The first-order valence-corrected chi connectivity index (χ1v) is 10.8. The maximum atomic E-state index is 13.0. The quantitative estimate of drug-likeness (QED) is 0.473. The number of hydrogen-bond acceptors (Lipinski definition) is 7. The van der Waals surface area contributed by atoms with E-state index in [9.17, 15) is 29.4 Å². The standard InChI is InChI=1S/C20H25N3O7S/c1-19(2,3)30-18(28)22-13(11-7-5-4-6-8-11)15(24)21-14-12-9-31-10-20(29,17(26)27)23(12)16(14)25/h4-8,12-14,29H,9-10H2,1-3H3,(H,21,24)(H,22,28)(H,26,27). The third kappa shape index (κ3) is 4.62. The number of nitrogens with zero attached hydrogens (tertiary/aromatic N) is 1. The number of alkyl carbamates (subject to hydrolysis) is 1. The monoisotopic (exact) mass is 451 g/mol. The SMILES string of the molecule is CC(C)(C)OC(=O)NC(C(=O)NC1C(=O)N2C1CSCC2(O)C(=O)O)c1ccccc1. The van der Waals surface area contributed by atoms with Crippen molar-refractivity contribution in [1.82, 2.24) is 15.5 Å². The fourth-order valence-corrected chi connectivity index (χ4v) is 4.74. The summed E-state index contributed by atoms with van der Waals surface area (Å²) in [5, 5.41) is 24.8. The fraction of sp³-hybridized carbons (Fsp3) is 0.500. The lowest BCUT2D eigenvalue weighted by molar-refractivity contribution is -0.205. The molecule has 1 aromatic rings. The molecule has 0 aliphatic carbocycles. The summed E-state index contributed by atoms with van der Waals surface area (Å²) in [6, 6.07) is 5.65. The van der Waals surface area contributed by atoms with Gasteiger partial charge in [0.05, 0.1) is 11.8 Å². The van der Waals surface area contributed by atoms with Gasteiger partial charge in [-0.25, -0.2) is 9.59 Å². The number of rotatable bonds is 5. The average Bonchev–Trinajstić information content (AvgIpc) is 2.68. The van der Waals surface area contributed by atoms with E-state index < -0.39 is 53.3 Å². The fourth-order valence-electron chi connectivity index (χ4n) is 3.49. The summed E-state index contributed by atoms with van der Waals surface area (Å²) in [4.78, 5) is 50.3. The van der Waals surface area contributed by atoms with E-state index in [-0.39, 0.29) is 5.75 Å². The van der Waals surface area contributed by atoms with Crippen molar-refractivity contribution < 1.29 is 34.1 Å². The van der Waals surface area contributed by atoms with Crippen LogP contribution in [0.25, 0.3) is 0 Å². The van der Waals surface area contributed by atoms with Crippen LogP contribution in [0.1, 0.15) is 32.4 Å². The van der Waals surface area contributed by atoms with Gasteiger partial charge in [0.2, 0.25) is 17.5 Å². The minimum atomic E-state index is -2.31. The number of carboxylic acid groups (broad SMARTS) is 1. The third-order valence-corrected chi connectivity index (χ3v) is 6.09. The van der Waals surface area contributed by atoms with E-state index in [1.165, 1.54) is 11.8 Å². The van der Waals surface area contributed by atoms with E-state index in [0.29, 0.717) is 11.3 Å². The molecule has 2 fully saturated rings. The average molecular weight is 452 g/mol. The van der Waals surface area contributed by atoms with Crippen LogP contribution in [0.2, 0.25) is 0 Å². The van der Waals surface area contributed by atoms with Crippen LogP contribution >= 0.6 is 11.8 Å². The first-order chi connectivity index (χ1) is 14.4. The van der Waals surface area contributed by atoms with Gasteiger partial charge < -0.3 is 25.6 Å². The summed E-state index contributed by atoms with van der Waals surface area (Å²) in [5.74, 6) is -2.64. The minimum absolute atomic E-state index is 0.155. The van der Waals surface area contributed by atoms with Crippen LogP contribution in [0.3, 0.4) is 0 Å². The Morgan fingerprint density at radius 1 is 1.26 bits per heavy atom. The summed E-state index contributed by atoms with van der Waals surface area (Å²) in [7, 11) is 0. The number of amides is 3. The van der Waals surface area contributed by atoms with Gasteiger partial charge in [-0.05, 0) is 26.3 Å². The number of β-lactam (4-membered cyclic amide) rings is 1. The normalized spacial score (nSPS) is 26.2. The minimum Gasteiger partial charge on any atom is -0.478 e. The molecule has 2 aliphatic heterocycles. The van der Waals surface area contributed by atoms with Gasteiger partial charge >= 0.3 is 12.1 Å². The molecule has 0 spiro atoms. The Labute approximate surface area is 183 Å². The molecule has 168 valence electrons. The molecule has 0 saturated carbocycles. The van der Waals surface area contributed by atoms with Crippen molar-refractivity contribution >= 4 is 35.6 Å². The molecule has 2 aliphatic rings. The second kappa shape index (κ2) is 8.39. The van der Waals surface area contributed by atoms with Crippen molar-refractivity contribution in [3.05, 3.63) is 35.9 Å². The molecule has 3 amide bonds. The van der Waals surface area contributed by atoms with Crippen molar-refractivity contribution in [2.45, 2.75) is 50.2 Å². The second-order valence-corrected chi connectivity index (χ2v) is 9.42. The molecule has 31 heavy (non-hydrogen) atoms. The van der Waals surface area contributed by atoms with Crippen molar-refractivity contribution in [3.63, 3.8) is 0 Å². The Morgan fingerprint density at radius 3 is 2.48 bits per heavy atom. The van der Waals surface area contributed by atoms with E-state index in [1.54, 1.807) is 51.1 Å². The van der Waals surface area contributed by atoms with Gasteiger partial charge in [0.15, 0.2) is 0 Å². The van der Waals surface area contributed by atoms with E-state index in [4.69, 9.17) is 4.74 Å². The Hall–Kier alpha value is -2.79. The molecule has 4 unspecified atom stereocenters. The number of nitrogens with one attached hydrogen (secondary N) is 2.